The third-order valence-electron chi connectivity index (χ3n) is 14.6. The zero-order valence-electron chi connectivity index (χ0n) is 29.4. The molecule has 2 spiro atoms. The maximum atomic E-state index is 11.1. The highest BCUT2D eigenvalue weighted by Crippen LogP contribution is 2.77. The minimum Gasteiger partial charge on any atom is -0.508 e. The number of hydrogen-bond acceptors (Lipinski definition) is 1. The molecule has 51 heavy (non-hydrogen) atoms. The van der Waals surface area contributed by atoms with E-state index >= 15 is 0 Å². The van der Waals surface area contributed by atoms with Crippen molar-refractivity contribution in [1.29, 1.82) is 0 Å². The fraction of sp³-hybridized carbons (Fsp3) is 0.280. The van der Waals surface area contributed by atoms with Gasteiger partial charge in [-0.3, -0.25) is 0 Å². The minimum atomic E-state index is -0.0450. The van der Waals surface area contributed by atoms with Crippen LogP contribution in [-0.4, -0.2) is 5.11 Å². The van der Waals surface area contributed by atoms with Crippen LogP contribution in [0.25, 0.3) is 33.4 Å². The molecule has 3 fully saturated rings. The molecule has 0 aromatic heterocycles. The summed E-state index contributed by atoms with van der Waals surface area (Å²) >= 11 is 0. The molecule has 0 aliphatic heterocycles. The zero-order chi connectivity index (χ0) is 34.0. The summed E-state index contributed by atoms with van der Waals surface area (Å²) < 4.78 is 0. The summed E-state index contributed by atoms with van der Waals surface area (Å²) in [7, 11) is 0. The van der Waals surface area contributed by atoms with Crippen LogP contribution < -0.4 is 0 Å². The molecule has 0 heterocycles. The van der Waals surface area contributed by atoms with Gasteiger partial charge in [-0.15, -0.1) is 0 Å². The van der Waals surface area contributed by atoms with Crippen molar-refractivity contribution in [3.63, 3.8) is 0 Å². The van der Waals surface area contributed by atoms with Crippen LogP contribution in [0.15, 0.2) is 140 Å². The van der Waals surface area contributed by atoms with E-state index in [4.69, 9.17) is 0 Å². The van der Waals surface area contributed by atoms with Gasteiger partial charge >= 0.3 is 0 Å². The Bertz CT molecular complexity index is 2380. The van der Waals surface area contributed by atoms with E-state index in [0.717, 1.165) is 6.42 Å². The largest absolute Gasteiger partial charge is 0.508 e. The molecular formula is C50H44O. The maximum Gasteiger partial charge on any atom is 0.116 e. The second-order valence-electron chi connectivity index (χ2n) is 16.8. The normalized spacial score (nSPS) is 29.2. The molecule has 6 unspecified atom stereocenters. The summed E-state index contributed by atoms with van der Waals surface area (Å²) in [6.07, 6.45) is 8.28. The summed E-state index contributed by atoms with van der Waals surface area (Å²) in [5.41, 5.74) is 17.2. The highest BCUT2D eigenvalue weighted by Gasteiger charge is 2.70. The van der Waals surface area contributed by atoms with Crippen LogP contribution in [0.3, 0.4) is 0 Å². The Morgan fingerprint density at radius 3 is 1.53 bits per heavy atom. The average molecular weight is 661 g/mol. The first kappa shape index (κ1) is 29.8. The van der Waals surface area contributed by atoms with Crippen molar-refractivity contribution < 1.29 is 5.11 Å². The van der Waals surface area contributed by atoms with Gasteiger partial charge in [0.1, 0.15) is 5.75 Å². The van der Waals surface area contributed by atoms with Gasteiger partial charge in [-0.2, -0.15) is 0 Å². The number of phenolic OH excluding ortho intramolecular Hbond substituents is 1. The lowest BCUT2D eigenvalue weighted by Gasteiger charge is -2.70. The van der Waals surface area contributed by atoms with Crippen molar-refractivity contribution in [2.75, 3.05) is 0 Å². The van der Waals surface area contributed by atoms with Crippen molar-refractivity contribution in [3.05, 3.63) is 173 Å². The first-order chi connectivity index (χ1) is 25.0. The van der Waals surface area contributed by atoms with Gasteiger partial charge < -0.3 is 5.11 Å². The molecule has 11 rings (SSSR count). The molecule has 0 amide bonds. The van der Waals surface area contributed by atoms with E-state index in [1.54, 1.807) is 16.7 Å². The number of aromatic hydroxyl groups is 1. The van der Waals surface area contributed by atoms with E-state index in [9.17, 15) is 5.11 Å². The van der Waals surface area contributed by atoms with Crippen LogP contribution in [-0.2, 0) is 16.2 Å². The van der Waals surface area contributed by atoms with Crippen molar-refractivity contribution in [1.82, 2.24) is 0 Å². The number of benzene rings is 6. The van der Waals surface area contributed by atoms with Crippen molar-refractivity contribution in [3.8, 4) is 39.1 Å². The second-order valence-corrected chi connectivity index (χ2v) is 16.8. The summed E-state index contributed by atoms with van der Waals surface area (Å²) in [5, 5.41) is 11.1. The fourth-order valence-corrected chi connectivity index (χ4v) is 13.4. The summed E-state index contributed by atoms with van der Waals surface area (Å²) in [6.45, 7) is 2.29. The lowest BCUT2D eigenvalue weighted by atomic mass is 9.33. The molecule has 250 valence electrons. The van der Waals surface area contributed by atoms with Crippen LogP contribution in [0.2, 0.25) is 0 Å². The number of hydrogen-bond donors (Lipinski definition) is 1. The van der Waals surface area contributed by atoms with Gasteiger partial charge in [-0.05, 0) is 142 Å². The Hall–Kier alpha value is -4.88. The molecular weight excluding hydrogens is 617 g/mol. The van der Waals surface area contributed by atoms with Crippen LogP contribution >= 0.6 is 0 Å². The standard InChI is InChI=1S/C50H44O/c1-32-13-2-3-14-36(32)41-19-8-10-21-44(41)48-25-12-26-49-29-34(38-16-5-7-18-40(38)43-27-35(51)23-24-46(43)49)31-50(47(48)49)30-33(28-48)37-15-4-6-17-39(37)42-20-9-11-22-45(42)50/h2-11,13-24,27,33-34,47,51H,12,25-26,28-31H2,1H3. The van der Waals surface area contributed by atoms with Crippen molar-refractivity contribution in [2.45, 2.75) is 80.0 Å². The quantitative estimate of drug-likeness (QED) is 0.196. The molecule has 1 nitrogen and oxygen atoms in total. The van der Waals surface area contributed by atoms with Gasteiger partial charge in [-0.25, -0.2) is 0 Å². The van der Waals surface area contributed by atoms with Gasteiger partial charge in [0, 0.05) is 16.2 Å². The van der Waals surface area contributed by atoms with E-state index in [-0.39, 0.29) is 16.2 Å². The maximum absolute atomic E-state index is 11.1. The van der Waals surface area contributed by atoms with Crippen molar-refractivity contribution >= 4 is 0 Å². The first-order valence-electron chi connectivity index (χ1n) is 19.3. The molecule has 0 saturated heterocycles. The SMILES string of the molecule is Cc1ccccc1-c1ccccc1C12CCCC34CC(CC5(CC(C1)c1ccccc1-c1ccccc15)C23)c1ccccc1-c1cc(O)ccc14. The zero-order valence-corrected chi connectivity index (χ0v) is 29.4. The molecule has 4 bridgehead atoms. The van der Waals surface area contributed by atoms with E-state index in [1.807, 2.05) is 6.07 Å². The molecule has 5 aliphatic carbocycles. The number of rotatable bonds is 2. The highest BCUT2D eigenvalue weighted by molar-refractivity contribution is 5.80. The monoisotopic (exact) mass is 660 g/mol. The minimum absolute atomic E-state index is 0.0344. The van der Waals surface area contributed by atoms with Crippen LogP contribution in [0.5, 0.6) is 5.75 Å². The molecule has 1 heteroatoms. The lowest BCUT2D eigenvalue weighted by Crippen LogP contribution is -2.66. The van der Waals surface area contributed by atoms with E-state index in [0.29, 0.717) is 23.5 Å². The Morgan fingerprint density at radius 1 is 0.451 bits per heavy atom. The smallest absolute Gasteiger partial charge is 0.116 e. The molecule has 6 aromatic carbocycles. The molecule has 6 aromatic rings. The van der Waals surface area contributed by atoms with Gasteiger partial charge in [-0.1, -0.05) is 134 Å². The predicted octanol–water partition coefficient (Wildman–Crippen LogP) is 12.4. The number of fused-ring (bicyclic) bond motifs is 10. The van der Waals surface area contributed by atoms with Crippen LogP contribution in [0.1, 0.15) is 90.2 Å². The van der Waals surface area contributed by atoms with Gasteiger partial charge in [0.15, 0.2) is 0 Å². The third kappa shape index (κ3) is 3.88. The fourth-order valence-electron chi connectivity index (χ4n) is 13.4. The highest BCUT2D eigenvalue weighted by atomic mass is 16.3. The Balaban J connectivity index is 1.30. The summed E-state index contributed by atoms with van der Waals surface area (Å²) in [5.74, 6) is 1.66. The summed E-state index contributed by atoms with van der Waals surface area (Å²) in [4.78, 5) is 0. The second kappa shape index (κ2) is 10.6. The van der Waals surface area contributed by atoms with Gasteiger partial charge in [0.2, 0.25) is 0 Å². The topological polar surface area (TPSA) is 20.2 Å². The first-order valence-corrected chi connectivity index (χ1v) is 19.3. The third-order valence-corrected chi connectivity index (χ3v) is 14.6. The van der Waals surface area contributed by atoms with Gasteiger partial charge in [0.05, 0.1) is 0 Å². The van der Waals surface area contributed by atoms with Crippen molar-refractivity contribution in [2.24, 2.45) is 5.92 Å². The van der Waals surface area contributed by atoms with Crippen LogP contribution in [0, 0.1) is 12.8 Å². The van der Waals surface area contributed by atoms with Crippen LogP contribution in [0.4, 0.5) is 0 Å². The lowest BCUT2D eigenvalue weighted by molar-refractivity contribution is -0.0729. The van der Waals surface area contributed by atoms with E-state index in [1.165, 1.54) is 88.6 Å². The Kier molecular flexibility index (Phi) is 6.18. The van der Waals surface area contributed by atoms with E-state index in [2.05, 4.69) is 140 Å². The Labute approximate surface area is 302 Å². The Morgan fingerprint density at radius 2 is 0.902 bits per heavy atom. The van der Waals surface area contributed by atoms with Gasteiger partial charge in [0.25, 0.3) is 0 Å². The molecule has 1 N–H and O–H groups in total. The van der Waals surface area contributed by atoms with E-state index < -0.39 is 0 Å². The molecule has 6 atom stereocenters. The molecule has 5 aliphatic rings. The molecule has 0 radical (unpaired) electrons. The molecule has 3 saturated carbocycles. The number of phenols is 1. The average Bonchev–Trinajstić information content (AvgIpc) is 3.31. The predicted molar refractivity (Wildman–Crippen MR) is 208 cm³/mol. The summed E-state index contributed by atoms with van der Waals surface area (Å²) in [6, 6.07) is 53.4. The number of aryl methyl sites for hydroxylation is 1.